The van der Waals surface area contributed by atoms with E-state index in [-0.39, 0.29) is 0 Å². The first-order chi connectivity index (χ1) is 6.69. The van der Waals surface area contributed by atoms with Crippen LogP contribution in [-0.4, -0.2) is 0 Å². The summed E-state index contributed by atoms with van der Waals surface area (Å²) in [6.45, 7) is 10.5. The molecule has 2 aliphatic carbocycles. The third kappa shape index (κ3) is 4.13. The molecule has 0 aliphatic heterocycles. The zero-order valence-electron chi connectivity index (χ0n) is 9.97. The third-order valence-electron chi connectivity index (χ3n) is 3.29. The molecule has 0 atom stereocenters. The highest BCUT2D eigenvalue weighted by Gasteiger charge is 2.22. The molecule has 80 valence electrons. The normalized spacial score (nSPS) is 21.2. The molecule has 0 N–H and O–H groups in total. The summed E-state index contributed by atoms with van der Waals surface area (Å²) in [4.78, 5) is 0. The van der Waals surface area contributed by atoms with Crippen LogP contribution in [0, 0.1) is 11.8 Å². The maximum absolute atomic E-state index is 3.94. The number of rotatable bonds is 3. The largest absolute Gasteiger partial charge is 0.0996 e. The predicted octanol–water partition coefficient (Wildman–Crippen LogP) is 4.73. The monoisotopic (exact) mass is 192 g/mol. The second-order valence-corrected chi connectivity index (χ2v) is 4.59. The zero-order valence-corrected chi connectivity index (χ0v) is 9.97. The fourth-order valence-electron chi connectivity index (χ4n) is 1.55. The Balaban J connectivity index is 0.000000140. The Labute approximate surface area is 89.1 Å². The molecule has 0 heteroatoms. The van der Waals surface area contributed by atoms with E-state index in [9.17, 15) is 0 Å². The van der Waals surface area contributed by atoms with Gasteiger partial charge in [0, 0.05) is 0 Å². The van der Waals surface area contributed by atoms with Gasteiger partial charge in [0.25, 0.3) is 0 Å². The van der Waals surface area contributed by atoms with Gasteiger partial charge in [0.1, 0.15) is 0 Å². The van der Waals surface area contributed by atoms with Crippen LogP contribution in [0.4, 0.5) is 0 Å². The molecule has 2 fully saturated rings. The molecule has 0 bridgehead atoms. The van der Waals surface area contributed by atoms with Crippen molar-refractivity contribution in [1.82, 2.24) is 0 Å². The first kappa shape index (κ1) is 11.6. The fourth-order valence-corrected chi connectivity index (χ4v) is 1.55. The molecule has 0 amide bonds. The summed E-state index contributed by atoms with van der Waals surface area (Å²) < 4.78 is 0. The summed E-state index contributed by atoms with van der Waals surface area (Å²) in [7, 11) is 0. The van der Waals surface area contributed by atoms with Gasteiger partial charge in [-0.05, 0) is 57.8 Å². The van der Waals surface area contributed by atoms with Gasteiger partial charge in [-0.3, -0.25) is 0 Å². The van der Waals surface area contributed by atoms with E-state index in [0.29, 0.717) is 0 Å². The SMILES string of the molecule is C=C(CC)C1CC1.CC=C(C)C1CC1. The van der Waals surface area contributed by atoms with Crippen LogP contribution in [0.2, 0.25) is 0 Å². The Morgan fingerprint density at radius 3 is 1.86 bits per heavy atom. The van der Waals surface area contributed by atoms with Gasteiger partial charge in [0.15, 0.2) is 0 Å². The lowest BCUT2D eigenvalue weighted by molar-refractivity contribution is 0.920. The lowest BCUT2D eigenvalue weighted by Crippen LogP contribution is -1.76. The molecule has 0 spiro atoms. The van der Waals surface area contributed by atoms with E-state index >= 15 is 0 Å². The van der Waals surface area contributed by atoms with E-state index in [1.165, 1.54) is 37.7 Å². The van der Waals surface area contributed by atoms with Crippen LogP contribution >= 0.6 is 0 Å². The maximum Gasteiger partial charge on any atom is -0.0206 e. The van der Waals surface area contributed by atoms with Crippen LogP contribution < -0.4 is 0 Å². The van der Waals surface area contributed by atoms with Gasteiger partial charge >= 0.3 is 0 Å². The minimum Gasteiger partial charge on any atom is -0.0996 e. The highest BCUT2D eigenvalue weighted by atomic mass is 14.3. The van der Waals surface area contributed by atoms with Crippen molar-refractivity contribution in [3.05, 3.63) is 23.8 Å². The standard InChI is InChI=1S/2C7H12/c2*1-3-6(2)7-4-5-7/h3,7H,4-5H2,1-2H3;7H,2-5H2,1H3. The molecule has 2 saturated carbocycles. The van der Waals surface area contributed by atoms with E-state index in [1.807, 2.05) is 0 Å². The average Bonchev–Trinajstić information content (AvgIpc) is 3.07. The van der Waals surface area contributed by atoms with Gasteiger partial charge in [0.05, 0.1) is 0 Å². The number of allylic oxidation sites excluding steroid dienone is 3. The molecule has 2 aliphatic rings. The quantitative estimate of drug-likeness (QED) is 0.567. The summed E-state index contributed by atoms with van der Waals surface area (Å²) in [6.07, 6.45) is 9.11. The smallest absolute Gasteiger partial charge is 0.0206 e. The molecular formula is C14H24. The first-order valence-corrected chi connectivity index (χ1v) is 5.99. The van der Waals surface area contributed by atoms with Crippen LogP contribution in [0.15, 0.2) is 23.8 Å². The minimum absolute atomic E-state index is 0.921. The van der Waals surface area contributed by atoms with Crippen LogP contribution in [0.1, 0.15) is 52.9 Å². The van der Waals surface area contributed by atoms with E-state index in [1.54, 1.807) is 5.57 Å². The third-order valence-corrected chi connectivity index (χ3v) is 3.29. The minimum atomic E-state index is 0.921. The molecular weight excluding hydrogens is 168 g/mol. The highest BCUT2D eigenvalue weighted by Crippen LogP contribution is 2.36. The second kappa shape index (κ2) is 5.38. The molecule has 0 radical (unpaired) electrons. The molecule has 0 nitrogen and oxygen atoms in total. The van der Waals surface area contributed by atoms with Gasteiger partial charge in [-0.15, -0.1) is 0 Å². The molecule has 0 unspecified atom stereocenters. The summed E-state index contributed by atoms with van der Waals surface area (Å²) in [6, 6.07) is 0. The van der Waals surface area contributed by atoms with Crippen LogP contribution in [0.5, 0.6) is 0 Å². The maximum atomic E-state index is 3.94. The van der Waals surface area contributed by atoms with Crippen molar-refractivity contribution >= 4 is 0 Å². The van der Waals surface area contributed by atoms with Crippen molar-refractivity contribution in [3.63, 3.8) is 0 Å². The predicted molar refractivity (Wildman–Crippen MR) is 64.3 cm³/mol. The van der Waals surface area contributed by atoms with Crippen molar-refractivity contribution in [2.24, 2.45) is 11.8 Å². The molecule has 0 aromatic carbocycles. The van der Waals surface area contributed by atoms with Crippen molar-refractivity contribution in [1.29, 1.82) is 0 Å². The fraction of sp³-hybridized carbons (Fsp3) is 0.714. The molecule has 0 aromatic heterocycles. The van der Waals surface area contributed by atoms with E-state index in [4.69, 9.17) is 0 Å². The van der Waals surface area contributed by atoms with Gasteiger partial charge in [0.2, 0.25) is 0 Å². The van der Waals surface area contributed by atoms with Gasteiger partial charge in [-0.2, -0.15) is 0 Å². The van der Waals surface area contributed by atoms with Gasteiger partial charge in [-0.25, -0.2) is 0 Å². The topological polar surface area (TPSA) is 0 Å². The van der Waals surface area contributed by atoms with Crippen LogP contribution in [0.3, 0.4) is 0 Å². The number of hydrogen-bond donors (Lipinski definition) is 0. The average molecular weight is 192 g/mol. The summed E-state index contributed by atoms with van der Waals surface area (Å²) in [5.41, 5.74) is 3.04. The summed E-state index contributed by atoms with van der Waals surface area (Å²) in [5.74, 6) is 1.90. The van der Waals surface area contributed by atoms with E-state index in [2.05, 4.69) is 33.4 Å². The van der Waals surface area contributed by atoms with Gasteiger partial charge < -0.3 is 0 Å². The van der Waals surface area contributed by atoms with Crippen LogP contribution in [0.25, 0.3) is 0 Å². The van der Waals surface area contributed by atoms with E-state index in [0.717, 1.165) is 11.8 Å². The number of hydrogen-bond acceptors (Lipinski definition) is 0. The molecule has 0 heterocycles. The molecule has 14 heavy (non-hydrogen) atoms. The summed E-state index contributed by atoms with van der Waals surface area (Å²) >= 11 is 0. The van der Waals surface area contributed by atoms with E-state index < -0.39 is 0 Å². The lowest BCUT2D eigenvalue weighted by atomic mass is 10.1. The van der Waals surface area contributed by atoms with Crippen LogP contribution in [-0.2, 0) is 0 Å². The highest BCUT2D eigenvalue weighted by molar-refractivity contribution is 5.07. The van der Waals surface area contributed by atoms with Crippen molar-refractivity contribution in [3.8, 4) is 0 Å². The molecule has 0 saturated heterocycles. The zero-order chi connectivity index (χ0) is 10.6. The van der Waals surface area contributed by atoms with Gasteiger partial charge in [-0.1, -0.05) is 30.7 Å². The summed E-state index contributed by atoms with van der Waals surface area (Å²) in [5, 5.41) is 0. The Morgan fingerprint density at radius 2 is 1.71 bits per heavy atom. The second-order valence-electron chi connectivity index (χ2n) is 4.59. The van der Waals surface area contributed by atoms with Crippen molar-refractivity contribution in [2.75, 3.05) is 0 Å². The Kier molecular flexibility index (Phi) is 4.44. The Bertz CT molecular complexity index is 214. The lowest BCUT2D eigenvalue weighted by Gasteiger charge is -1.92. The Morgan fingerprint density at radius 1 is 1.21 bits per heavy atom. The Hall–Kier alpha value is -0.520. The molecule has 2 rings (SSSR count). The van der Waals surface area contributed by atoms with Crippen molar-refractivity contribution < 1.29 is 0 Å². The molecule has 0 aromatic rings. The van der Waals surface area contributed by atoms with Crippen molar-refractivity contribution in [2.45, 2.75) is 52.9 Å². The first-order valence-electron chi connectivity index (χ1n) is 5.99.